The molecule has 2 aromatic rings. The van der Waals surface area contributed by atoms with Crippen molar-refractivity contribution in [2.75, 3.05) is 38.1 Å². The summed E-state index contributed by atoms with van der Waals surface area (Å²) in [5, 5.41) is 3.67. The van der Waals surface area contributed by atoms with Gasteiger partial charge in [0, 0.05) is 43.3 Å². The van der Waals surface area contributed by atoms with Crippen molar-refractivity contribution in [2.45, 2.75) is 38.4 Å². The third kappa shape index (κ3) is 4.79. The highest BCUT2D eigenvalue weighted by molar-refractivity contribution is 5.94. The second-order valence-corrected chi connectivity index (χ2v) is 9.06. The van der Waals surface area contributed by atoms with E-state index in [0.717, 1.165) is 37.7 Å². The summed E-state index contributed by atoms with van der Waals surface area (Å²) >= 11 is 0. The lowest BCUT2D eigenvalue weighted by Crippen LogP contribution is -2.42. The van der Waals surface area contributed by atoms with Gasteiger partial charge in [-0.3, -0.25) is 9.78 Å². The second kappa shape index (κ2) is 8.65. The predicted molar refractivity (Wildman–Crippen MR) is 115 cm³/mol. The lowest BCUT2D eigenvalue weighted by atomic mass is 9.94. The second-order valence-electron chi connectivity index (χ2n) is 9.06. The Hall–Kier alpha value is -2.35. The van der Waals surface area contributed by atoms with Crippen molar-refractivity contribution in [3.63, 3.8) is 0 Å². The minimum absolute atomic E-state index is 0.0252. The summed E-state index contributed by atoms with van der Waals surface area (Å²) < 4.78 is 40.2. The van der Waals surface area contributed by atoms with Gasteiger partial charge in [-0.2, -0.15) is 13.2 Å². The number of aromatic nitrogens is 1. The summed E-state index contributed by atoms with van der Waals surface area (Å²) in [5.41, 5.74) is -0.0240. The summed E-state index contributed by atoms with van der Waals surface area (Å²) in [6.07, 6.45) is -0.334. The van der Waals surface area contributed by atoms with Crippen LogP contribution in [0, 0.1) is 11.8 Å². The smallest absolute Gasteiger partial charge is 0.369 e. The number of anilines is 1. The number of hydrogen-bond donors (Lipinski definition) is 1. The van der Waals surface area contributed by atoms with Gasteiger partial charge < -0.3 is 15.1 Å². The Morgan fingerprint density at radius 2 is 2.03 bits per heavy atom. The molecule has 2 aliphatic rings. The Morgan fingerprint density at radius 1 is 1.23 bits per heavy atom. The van der Waals surface area contributed by atoms with E-state index >= 15 is 0 Å². The normalized spacial score (nSPS) is 25.2. The van der Waals surface area contributed by atoms with Crippen LogP contribution in [0.15, 0.2) is 30.5 Å². The lowest BCUT2D eigenvalue weighted by molar-refractivity contribution is -0.136. The molecule has 0 spiro atoms. The van der Waals surface area contributed by atoms with Crippen LogP contribution >= 0.6 is 0 Å². The van der Waals surface area contributed by atoms with Gasteiger partial charge in [-0.05, 0) is 62.5 Å². The maximum atomic E-state index is 13.4. The number of halogens is 3. The molecular weight excluding hydrogens is 405 g/mol. The number of benzene rings is 1. The van der Waals surface area contributed by atoms with Crippen LogP contribution in [0.1, 0.15) is 31.7 Å². The molecule has 1 aromatic heterocycles. The first-order chi connectivity index (χ1) is 14.7. The number of amides is 1. The molecule has 0 bridgehead atoms. The number of nitrogens with zero attached hydrogens (tertiary/aromatic N) is 3. The van der Waals surface area contributed by atoms with E-state index in [1.165, 1.54) is 12.3 Å². The van der Waals surface area contributed by atoms with Crippen molar-refractivity contribution in [1.29, 1.82) is 0 Å². The van der Waals surface area contributed by atoms with Gasteiger partial charge in [-0.1, -0.05) is 6.92 Å². The third-order valence-corrected chi connectivity index (χ3v) is 6.55. The molecule has 2 saturated heterocycles. The van der Waals surface area contributed by atoms with E-state index in [-0.39, 0.29) is 23.4 Å². The molecule has 1 unspecified atom stereocenters. The van der Waals surface area contributed by atoms with Crippen molar-refractivity contribution in [3.8, 4) is 0 Å². The van der Waals surface area contributed by atoms with Crippen LogP contribution < -0.4 is 10.2 Å². The maximum Gasteiger partial charge on any atom is 0.418 e. The van der Waals surface area contributed by atoms with E-state index in [2.05, 4.69) is 34.1 Å². The number of carbonyl (C=O) groups is 1. The van der Waals surface area contributed by atoms with E-state index in [1.54, 1.807) is 12.1 Å². The highest BCUT2D eigenvalue weighted by atomic mass is 19.4. The number of pyridine rings is 1. The fraction of sp³-hybridized carbons (Fsp3) is 0.565. The number of alkyl halides is 3. The molecule has 4 rings (SSSR count). The molecule has 168 valence electrons. The summed E-state index contributed by atoms with van der Waals surface area (Å²) in [7, 11) is 2.09. The average Bonchev–Trinajstić information content (AvgIpc) is 3.06. The summed E-state index contributed by atoms with van der Waals surface area (Å²) in [5.74, 6) is 0.654. The van der Waals surface area contributed by atoms with Gasteiger partial charge in [0.05, 0.1) is 17.1 Å². The predicted octanol–water partition coefficient (Wildman–Crippen LogP) is 3.93. The van der Waals surface area contributed by atoms with Gasteiger partial charge in [0.1, 0.15) is 0 Å². The van der Waals surface area contributed by atoms with Crippen LogP contribution in [-0.4, -0.2) is 55.1 Å². The molecule has 8 heteroatoms. The first kappa shape index (κ1) is 21.9. The Balaban J connectivity index is 1.47. The number of rotatable bonds is 4. The number of piperidine rings is 1. The first-order valence-electron chi connectivity index (χ1n) is 10.9. The lowest BCUT2D eigenvalue weighted by Gasteiger charge is -2.29. The molecule has 0 aliphatic carbocycles. The van der Waals surface area contributed by atoms with Crippen LogP contribution in [0.3, 0.4) is 0 Å². The molecule has 0 saturated carbocycles. The van der Waals surface area contributed by atoms with Gasteiger partial charge in [0.15, 0.2) is 0 Å². The molecule has 1 N–H and O–H groups in total. The van der Waals surface area contributed by atoms with Crippen molar-refractivity contribution in [1.82, 2.24) is 15.2 Å². The van der Waals surface area contributed by atoms with Crippen molar-refractivity contribution in [3.05, 3.63) is 36.0 Å². The third-order valence-electron chi connectivity index (χ3n) is 6.55. The number of fused-ring (bicyclic) bond motifs is 1. The molecule has 3 atom stereocenters. The highest BCUT2D eigenvalue weighted by Gasteiger charge is 2.36. The Kier molecular flexibility index (Phi) is 6.10. The van der Waals surface area contributed by atoms with Gasteiger partial charge in [0.25, 0.3) is 0 Å². The van der Waals surface area contributed by atoms with E-state index < -0.39 is 11.7 Å². The Labute approximate surface area is 180 Å². The number of hydrogen-bond acceptors (Lipinski definition) is 4. The molecule has 1 amide bonds. The molecular formula is C23H29F3N4O. The number of likely N-dealkylation sites (tertiary alicyclic amines) is 1. The van der Waals surface area contributed by atoms with Crippen LogP contribution in [0.5, 0.6) is 0 Å². The zero-order chi connectivity index (χ0) is 22.2. The number of carbonyl (C=O) groups excluding carboxylic acids is 1. The minimum atomic E-state index is -4.45. The van der Waals surface area contributed by atoms with Crippen molar-refractivity contribution in [2.24, 2.45) is 11.8 Å². The molecule has 5 nitrogen and oxygen atoms in total. The van der Waals surface area contributed by atoms with Crippen LogP contribution in [0.4, 0.5) is 18.9 Å². The Bertz CT molecular complexity index is 948. The molecule has 1 aromatic carbocycles. The fourth-order valence-corrected chi connectivity index (χ4v) is 4.98. The minimum Gasteiger partial charge on any atom is -0.369 e. The van der Waals surface area contributed by atoms with Gasteiger partial charge >= 0.3 is 6.18 Å². The van der Waals surface area contributed by atoms with Crippen LogP contribution in [0.2, 0.25) is 0 Å². The van der Waals surface area contributed by atoms with Gasteiger partial charge in [0.2, 0.25) is 5.91 Å². The van der Waals surface area contributed by atoms with Crippen LogP contribution in [-0.2, 0) is 11.0 Å². The van der Waals surface area contributed by atoms with E-state index in [1.807, 2.05) is 0 Å². The molecule has 0 radical (unpaired) electrons. The summed E-state index contributed by atoms with van der Waals surface area (Å²) in [4.78, 5) is 21.0. The molecule has 2 fully saturated rings. The fourth-order valence-electron chi connectivity index (χ4n) is 4.98. The zero-order valence-electron chi connectivity index (χ0n) is 18.0. The first-order valence-corrected chi connectivity index (χ1v) is 10.9. The quantitative estimate of drug-likeness (QED) is 0.792. The topological polar surface area (TPSA) is 48.5 Å². The van der Waals surface area contributed by atoms with Crippen molar-refractivity contribution >= 4 is 22.5 Å². The van der Waals surface area contributed by atoms with E-state index in [9.17, 15) is 18.0 Å². The van der Waals surface area contributed by atoms with Crippen molar-refractivity contribution < 1.29 is 18.0 Å². The largest absolute Gasteiger partial charge is 0.418 e. The van der Waals surface area contributed by atoms with Gasteiger partial charge in [-0.25, -0.2) is 0 Å². The van der Waals surface area contributed by atoms with E-state index in [4.69, 9.17) is 0 Å². The monoisotopic (exact) mass is 434 g/mol. The number of nitrogens with one attached hydrogen (secondary N) is 1. The standard InChI is InChI=1S/C23H29F3N4O/c1-15-12-30(14-19(15)28-21(31)11-16-5-4-10-29(2)13-16)20-8-7-18(23(24,25)26)22-17(20)6-3-9-27-22/h3,6-9,15-16,19H,4-5,10-14H2,1-2H3,(H,28,31)/t15-,16?,19+/m1/s1. The van der Waals surface area contributed by atoms with E-state index in [0.29, 0.717) is 30.8 Å². The molecule has 31 heavy (non-hydrogen) atoms. The molecule has 3 heterocycles. The molecule has 2 aliphatic heterocycles. The SMILES string of the molecule is C[C@@H]1CN(c2ccc(C(F)(F)F)c3ncccc23)C[C@@H]1NC(=O)CC1CCCN(C)C1. The highest BCUT2D eigenvalue weighted by Crippen LogP contribution is 2.38. The van der Waals surface area contributed by atoms with Crippen LogP contribution in [0.25, 0.3) is 10.9 Å². The average molecular weight is 435 g/mol. The summed E-state index contributed by atoms with van der Waals surface area (Å²) in [6, 6.07) is 5.96. The van der Waals surface area contributed by atoms with Gasteiger partial charge in [-0.15, -0.1) is 0 Å². The maximum absolute atomic E-state index is 13.4. The summed E-state index contributed by atoms with van der Waals surface area (Å²) in [6.45, 7) is 5.36. The zero-order valence-corrected chi connectivity index (χ0v) is 18.0. The Morgan fingerprint density at radius 3 is 2.77 bits per heavy atom.